The van der Waals surface area contributed by atoms with E-state index in [0.717, 1.165) is 9.47 Å². The molecule has 0 aliphatic carbocycles. The second kappa shape index (κ2) is 8.43. The monoisotopic (exact) mass is 321 g/mol. The van der Waals surface area contributed by atoms with Gasteiger partial charge < -0.3 is 10.1 Å². The molecule has 5 nitrogen and oxygen atoms in total. The van der Waals surface area contributed by atoms with Crippen LogP contribution in [-0.4, -0.2) is 35.1 Å². The Balaban J connectivity index is 1.69. The molecule has 2 aromatic rings. The molecule has 21 heavy (non-hydrogen) atoms. The molecule has 110 valence electrons. The molecule has 0 amide bonds. The highest BCUT2D eigenvalue weighted by Gasteiger charge is 2.07. The van der Waals surface area contributed by atoms with Crippen molar-refractivity contribution in [3.8, 4) is 0 Å². The van der Waals surface area contributed by atoms with E-state index in [4.69, 9.17) is 4.74 Å². The first-order chi connectivity index (χ1) is 10.3. The van der Waals surface area contributed by atoms with Gasteiger partial charge in [-0.3, -0.25) is 0 Å². The first-order valence-electron chi connectivity index (χ1n) is 6.33. The second-order valence-electron chi connectivity index (χ2n) is 3.89. The summed E-state index contributed by atoms with van der Waals surface area (Å²) in [6.45, 7) is 4.63. The zero-order valence-electron chi connectivity index (χ0n) is 11.3. The van der Waals surface area contributed by atoms with Crippen molar-refractivity contribution in [2.45, 2.75) is 4.34 Å². The van der Waals surface area contributed by atoms with E-state index in [1.165, 1.54) is 23.1 Å². The van der Waals surface area contributed by atoms with Crippen LogP contribution in [-0.2, 0) is 4.74 Å². The Morgan fingerprint density at radius 2 is 2.19 bits per heavy atom. The van der Waals surface area contributed by atoms with Crippen LogP contribution in [0.2, 0.25) is 0 Å². The number of anilines is 1. The van der Waals surface area contributed by atoms with Crippen molar-refractivity contribution in [2.24, 2.45) is 0 Å². The number of nitrogens with one attached hydrogen (secondary N) is 1. The molecule has 1 N–H and O–H groups in total. The van der Waals surface area contributed by atoms with E-state index in [1.54, 1.807) is 18.2 Å². The number of esters is 1. The van der Waals surface area contributed by atoms with Gasteiger partial charge in [0.15, 0.2) is 4.34 Å². The molecule has 0 atom stereocenters. The lowest BCUT2D eigenvalue weighted by molar-refractivity contribution is 0.0530. The predicted molar refractivity (Wildman–Crippen MR) is 86.0 cm³/mol. The zero-order valence-corrected chi connectivity index (χ0v) is 13.0. The Bertz CT molecular complexity index is 587. The average molecular weight is 321 g/mol. The summed E-state index contributed by atoms with van der Waals surface area (Å²) in [5, 5.41) is 11.9. The molecule has 0 radical (unpaired) electrons. The molecule has 1 aromatic heterocycles. The molecule has 0 saturated heterocycles. The fourth-order valence-electron chi connectivity index (χ4n) is 1.42. The summed E-state index contributed by atoms with van der Waals surface area (Å²) in [6, 6.07) is 8.95. The lowest BCUT2D eigenvalue weighted by atomic mass is 10.2. The molecule has 0 fully saturated rings. The van der Waals surface area contributed by atoms with E-state index < -0.39 is 0 Å². The van der Waals surface area contributed by atoms with Gasteiger partial charge in [0.25, 0.3) is 0 Å². The second-order valence-corrected chi connectivity index (χ2v) is 6.21. The molecule has 0 aliphatic heterocycles. The maximum Gasteiger partial charge on any atom is 0.338 e. The quantitative estimate of drug-likeness (QED) is 0.349. The van der Waals surface area contributed by atoms with Crippen LogP contribution in [0.3, 0.4) is 0 Å². The highest BCUT2D eigenvalue weighted by Crippen LogP contribution is 2.25. The van der Waals surface area contributed by atoms with Crippen LogP contribution >= 0.6 is 23.1 Å². The summed E-state index contributed by atoms with van der Waals surface area (Å²) in [5.41, 5.74) is 0.564. The third kappa shape index (κ3) is 5.20. The van der Waals surface area contributed by atoms with Gasteiger partial charge >= 0.3 is 5.97 Å². The number of thioether (sulfide) groups is 1. The van der Waals surface area contributed by atoms with Gasteiger partial charge in [0.05, 0.1) is 5.56 Å². The van der Waals surface area contributed by atoms with E-state index in [9.17, 15) is 4.79 Å². The Hall–Kier alpha value is -1.86. The number of carbonyl (C=O) groups is 1. The fourth-order valence-corrected chi connectivity index (χ4v) is 3.07. The lowest BCUT2D eigenvalue weighted by Crippen LogP contribution is -2.07. The van der Waals surface area contributed by atoms with Gasteiger partial charge in [-0.05, 0) is 12.1 Å². The minimum Gasteiger partial charge on any atom is -0.461 e. The van der Waals surface area contributed by atoms with Gasteiger partial charge in [-0.2, -0.15) is 0 Å². The Morgan fingerprint density at radius 1 is 1.38 bits per heavy atom. The van der Waals surface area contributed by atoms with Crippen LogP contribution in [0.1, 0.15) is 10.4 Å². The van der Waals surface area contributed by atoms with E-state index in [-0.39, 0.29) is 5.97 Å². The number of hydrogen-bond donors (Lipinski definition) is 1. The van der Waals surface area contributed by atoms with Crippen molar-refractivity contribution < 1.29 is 9.53 Å². The van der Waals surface area contributed by atoms with Crippen LogP contribution < -0.4 is 5.32 Å². The number of benzene rings is 1. The van der Waals surface area contributed by atoms with E-state index in [0.29, 0.717) is 24.5 Å². The Morgan fingerprint density at radius 3 is 2.95 bits per heavy atom. The lowest BCUT2D eigenvalue weighted by Gasteiger charge is -2.03. The molecule has 2 rings (SSSR count). The van der Waals surface area contributed by atoms with Gasteiger partial charge in [-0.25, -0.2) is 4.79 Å². The van der Waals surface area contributed by atoms with Gasteiger partial charge in [0.1, 0.15) is 6.61 Å². The standard InChI is InChI=1S/C14H15N3O2S2/c1-2-8-15-13-16-17-14(21-13)20-10-9-19-12(18)11-6-4-3-5-7-11/h2-7H,1,8-10H2,(H,15,16). The number of hydrogen-bond acceptors (Lipinski definition) is 7. The number of nitrogens with zero attached hydrogens (tertiary/aromatic N) is 2. The smallest absolute Gasteiger partial charge is 0.338 e. The summed E-state index contributed by atoms with van der Waals surface area (Å²) in [4.78, 5) is 11.7. The van der Waals surface area contributed by atoms with Crippen LogP contribution in [0, 0.1) is 0 Å². The molecule has 0 unspecified atom stereocenters. The fraction of sp³-hybridized carbons (Fsp3) is 0.214. The summed E-state index contributed by atoms with van der Waals surface area (Å²) in [5.74, 6) is 0.344. The summed E-state index contributed by atoms with van der Waals surface area (Å²) >= 11 is 2.98. The van der Waals surface area contributed by atoms with Crippen molar-refractivity contribution in [3.63, 3.8) is 0 Å². The normalized spacial score (nSPS) is 10.1. The van der Waals surface area contributed by atoms with E-state index in [1.807, 2.05) is 18.2 Å². The van der Waals surface area contributed by atoms with Crippen molar-refractivity contribution in [1.82, 2.24) is 10.2 Å². The molecule has 1 heterocycles. The number of ether oxygens (including phenoxy) is 1. The number of rotatable bonds is 8. The van der Waals surface area contributed by atoms with E-state index in [2.05, 4.69) is 22.1 Å². The van der Waals surface area contributed by atoms with Gasteiger partial charge in [0, 0.05) is 12.3 Å². The topological polar surface area (TPSA) is 64.1 Å². The molecule has 0 aliphatic rings. The van der Waals surface area contributed by atoms with Crippen molar-refractivity contribution in [2.75, 3.05) is 24.2 Å². The predicted octanol–water partition coefficient (Wildman–Crippen LogP) is 3.09. The highest BCUT2D eigenvalue weighted by molar-refractivity contribution is 8.01. The minimum absolute atomic E-state index is 0.304. The van der Waals surface area contributed by atoms with Crippen molar-refractivity contribution in [1.29, 1.82) is 0 Å². The molecule has 7 heteroatoms. The van der Waals surface area contributed by atoms with Crippen molar-refractivity contribution in [3.05, 3.63) is 48.6 Å². The first kappa shape index (κ1) is 15.5. The highest BCUT2D eigenvalue weighted by atomic mass is 32.2. The largest absolute Gasteiger partial charge is 0.461 e. The summed E-state index contributed by atoms with van der Waals surface area (Å²) in [6.07, 6.45) is 1.76. The maximum absolute atomic E-state index is 11.7. The molecule has 0 saturated carbocycles. The number of carbonyl (C=O) groups excluding carboxylic acids is 1. The van der Waals surface area contributed by atoms with Crippen LogP contribution in [0.15, 0.2) is 47.3 Å². The van der Waals surface area contributed by atoms with Crippen molar-refractivity contribution >= 4 is 34.2 Å². The van der Waals surface area contributed by atoms with Crippen LogP contribution in [0.4, 0.5) is 5.13 Å². The average Bonchev–Trinajstić information content (AvgIpc) is 2.98. The molecular weight excluding hydrogens is 306 g/mol. The molecular formula is C14H15N3O2S2. The third-order valence-electron chi connectivity index (χ3n) is 2.36. The van der Waals surface area contributed by atoms with Crippen LogP contribution in [0.25, 0.3) is 0 Å². The summed E-state index contributed by atoms with van der Waals surface area (Å²) in [7, 11) is 0. The van der Waals surface area contributed by atoms with Gasteiger partial charge in [-0.1, -0.05) is 47.4 Å². The van der Waals surface area contributed by atoms with Crippen LogP contribution in [0.5, 0.6) is 0 Å². The zero-order chi connectivity index (χ0) is 14.9. The van der Waals surface area contributed by atoms with Gasteiger partial charge in [-0.15, -0.1) is 16.8 Å². The number of aromatic nitrogens is 2. The first-order valence-corrected chi connectivity index (χ1v) is 8.13. The molecule has 0 spiro atoms. The van der Waals surface area contributed by atoms with Gasteiger partial charge in [0.2, 0.25) is 5.13 Å². The minimum atomic E-state index is -0.304. The summed E-state index contributed by atoms with van der Waals surface area (Å²) < 4.78 is 6.03. The Kier molecular flexibility index (Phi) is 6.23. The van der Waals surface area contributed by atoms with E-state index >= 15 is 0 Å². The molecule has 0 bridgehead atoms. The SMILES string of the molecule is C=CCNc1nnc(SCCOC(=O)c2ccccc2)s1. The Labute approximate surface area is 131 Å². The molecule has 1 aromatic carbocycles. The maximum atomic E-state index is 11.7. The third-order valence-corrected chi connectivity index (χ3v) is 4.33.